The van der Waals surface area contributed by atoms with Crippen molar-refractivity contribution in [3.63, 3.8) is 0 Å². The molecule has 0 bridgehead atoms. The third kappa shape index (κ3) is 3.75. The van der Waals surface area contributed by atoms with Crippen LogP contribution in [0.15, 0.2) is 41.2 Å². The van der Waals surface area contributed by atoms with Gasteiger partial charge in [-0.05, 0) is 31.5 Å². The van der Waals surface area contributed by atoms with Crippen molar-refractivity contribution in [1.82, 2.24) is 24.7 Å². The van der Waals surface area contributed by atoms with Gasteiger partial charge in [0, 0.05) is 12.3 Å². The van der Waals surface area contributed by atoms with Gasteiger partial charge in [-0.15, -0.1) is 0 Å². The van der Waals surface area contributed by atoms with Gasteiger partial charge < -0.3 is 9.73 Å². The number of nitrogens with zero attached hydrogens (tertiary/aromatic N) is 5. The first kappa shape index (κ1) is 19.2. The van der Waals surface area contributed by atoms with Crippen LogP contribution in [0.25, 0.3) is 16.9 Å². The number of aryl methyl sites for hydroxylation is 1. The first-order valence-corrected chi connectivity index (χ1v) is 8.87. The molecule has 4 rings (SSSR count). The fourth-order valence-electron chi connectivity index (χ4n) is 2.79. The Morgan fingerprint density at radius 3 is 2.69 bits per heavy atom. The first-order valence-electron chi connectivity index (χ1n) is 8.49. The Labute approximate surface area is 167 Å². The number of pyridine rings is 1. The number of rotatable bonds is 4. The maximum atomic E-state index is 13.0. The third-order valence-corrected chi connectivity index (χ3v) is 4.51. The van der Waals surface area contributed by atoms with Crippen LogP contribution in [0.2, 0.25) is 5.02 Å². The van der Waals surface area contributed by atoms with Crippen LogP contribution < -0.4 is 5.32 Å². The van der Waals surface area contributed by atoms with Crippen molar-refractivity contribution in [2.75, 3.05) is 5.32 Å². The molecule has 0 aliphatic rings. The zero-order valence-electron chi connectivity index (χ0n) is 15.2. The van der Waals surface area contributed by atoms with Gasteiger partial charge in [-0.1, -0.05) is 17.7 Å². The van der Waals surface area contributed by atoms with Crippen molar-refractivity contribution in [3.05, 3.63) is 58.8 Å². The summed E-state index contributed by atoms with van der Waals surface area (Å²) in [6, 6.07) is 5.27. The van der Waals surface area contributed by atoms with E-state index in [1.165, 1.54) is 6.33 Å². The summed E-state index contributed by atoms with van der Waals surface area (Å²) in [7, 11) is 0. The van der Waals surface area contributed by atoms with Gasteiger partial charge in [0.05, 0.1) is 16.6 Å². The van der Waals surface area contributed by atoms with Crippen LogP contribution >= 0.6 is 11.6 Å². The van der Waals surface area contributed by atoms with Gasteiger partial charge in [0.15, 0.2) is 17.2 Å². The summed E-state index contributed by atoms with van der Waals surface area (Å²) in [5.74, 6) is 1.11. The van der Waals surface area contributed by atoms with Crippen molar-refractivity contribution in [2.24, 2.45) is 0 Å². The van der Waals surface area contributed by atoms with Crippen LogP contribution in [0, 0.1) is 6.92 Å². The molecule has 0 saturated carbocycles. The minimum atomic E-state index is -4.58. The molecular weight excluding hydrogens is 409 g/mol. The van der Waals surface area contributed by atoms with E-state index in [1.807, 2.05) is 13.0 Å². The normalized spacial score (nSPS) is 13.0. The zero-order valence-corrected chi connectivity index (χ0v) is 16.0. The molecule has 0 aliphatic carbocycles. The lowest BCUT2D eigenvalue weighted by Gasteiger charge is -2.12. The summed E-state index contributed by atoms with van der Waals surface area (Å²) in [6.45, 7) is 3.71. The van der Waals surface area contributed by atoms with Gasteiger partial charge in [-0.3, -0.25) is 0 Å². The first-order chi connectivity index (χ1) is 13.7. The van der Waals surface area contributed by atoms with E-state index < -0.39 is 22.8 Å². The van der Waals surface area contributed by atoms with Gasteiger partial charge in [0.2, 0.25) is 0 Å². The molecule has 1 atom stereocenters. The van der Waals surface area contributed by atoms with E-state index in [4.69, 9.17) is 16.0 Å². The molecule has 0 radical (unpaired) electrons. The Bertz CT molecular complexity index is 1170. The van der Waals surface area contributed by atoms with Crippen LogP contribution in [0.3, 0.4) is 0 Å². The van der Waals surface area contributed by atoms with Crippen LogP contribution in [0.4, 0.5) is 19.2 Å². The van der Waals surface area contributed by atoms with Gasteiger partial charge in [0.25, 0.3) is 6.01 Å². The molecule has 1 aromatic carbocycles. The molecule has 3 aromatic heterocycles. The maximum Gasteiger partial charge on any atom is 0.417 e. The molecule has 11 heteroatoms. The third-order valence-electron chi connectivity index (χ3n) is 4.20. The summed E-state index contributed by atoms with van der Waals surface area (Å²) in [5.41, 5.74) is 0.215. The smallest absolute Gasteiger partial charge is 0.417 e. The predicted octanol–water partition coefficient (Wildman–Crippen LogP) is 4.96. The van der Waals surface area contributed by atoms with E-state index in [1.54, 1.807) is 23.9 Å². The second kappa shape index (κ2) is 7.03. The number of nitrogens with one attached hydrogen (secondary N) is 1. The van der Waals surface area contributed by atoms with E-state index >= 15 is 0 Å². The lowest BCUT2D eigenvalue weighted by molar-refractivity contribution is -0.137. The van der Waals surface area contributed by atoms with Crippen LogP contribution in [0.1, 0.15) is 29.9 Å². The molecule has 0 aliphatic heterocycles. The van der Waals surface area contributed by atoms with E-state index in [9.17, 15) is 13.2 Å². The Morgan fingerprint density at radius 2 is 2.00 bits per heavy atom. The molecule has 1 N–H and O–H groups in total. The van der Waals surface area contributed by atoms with Crippen LogP contribution in [-0.4, -0.2) is 24.7 Å². The highest BCUT2D eigenvalue weighted by atomic mass is 35.5. The standard InChI is InChI=1S/C18H14ClF3N6O/c1-9-3-4-15(23-7-9)28-16(24-8-25-28)10(2)26-17-27-13-5-11(18(20,21)22)12(19)6-14(13)29-17/h3-8,10H,1-2H3,(H,26,27)/t10-/m0/s1. The summed E-state index contributed by atoms with van der Waals surface area (Å²) >= 11 is 5.73. The Hall–Kier alpha value is -3.14. The van der Waals surface area contributed by atoms with Crippen molar-refractivity contribution in [1.29, 1.82) is 0 Å². The number of oxazole rings is 1. The highest BCUT2D eigenvalue weighted by molar-refractivity contribution is 6.32. The molecule has 0 fully saturated rings. The SMILES string of the molecule is Cc1ccc(-n2ncnc2[C@H](C)Nc2nc3cc(C(F)(F)F)c(Cl)cc3o2)nc1. The van der Waals surface area contributed by atoms with E-state index in [0.29, 0.717) is 11.6 Å². The van der Waals surface area contributed by atoms with Crippen molar-refractivity contribution in [3.8, 4) is 5.82 Å². The van der Waals surface area contributed by atoms with Gasteiger partial charge >= 0.3 is 6.18 Å². The fraction of sp³-hybridized carbons (Fsp3) is 0.222. The molecule has 0 unspecified atom stereocenters. The summed E-state index contributed by atoms with van der Waals surface area (Å²) in [4.78, 5) is 12.6. The van der Waals surface area contributed by atoms with Crippen molar-refractivity contribution >= 4 is 28.7 Å². The second-order valence-electron chi connectivity index (χ2n) is 6.41. The van der Waals surface area contributed by atoms with Crippen molar-refractivity contribution < 1.29 is 17.6 Å². The molecule has 0 spiro atoms. The minimum absolute atomic E-state index is 0.0364. The molecular formula is C18H14ClF3N6O. The number of benzene rings is 1. The molecule has 7 nitrogen and oxygen atoms in total. The summed E-state index contributed by atoms with van der Waals surface area (Å²) in [6.07, 6.45) is -1.49. The molecule has 3 heterocycles. The minimum Gasteiger partial charge on any atom is -0.423 e. The summed E-state index contributed by atoms with van der Waals surface area (Å²) < 4.78 is 46.1. The van der Waals surface area contributed by atoms with E-state index in [2.05, 4.69) is 25.4 Å². The van der Waals surface area contributed by atoms with E-state index in [0.717, 1.165) is 17.7 Å². The number of hydrogen-bond donors (Lipinski definition) is 1. The van der Waals surface area contributed by atoms with Crippen LogP contribution in [-0.2, 0) is 6.18 Å². The lowest BCUT2D eigenvalue weighted by Crippen LogP contribution is -2.14. The van der Waals surface area contributed by atoms with Gasteiger partial charge in [0.1, 0.15) is 11.8 Å². The largest absolute Gasteiger partial charge is 0.423 e. The quantitative estimate of drug-likeness (QED) is 0.500. The molecule has 0 saturated heterocycles. The van der Waals surface area contributed by atoms with Crippen molar-refractivity contribution in [2.45, 2.75) is 26.1 Å². The molecule has 0 amide bonds. The predicted molar refractivity (Wildman–Crippen MR) is 99.9 cm³/mol. The average Bonchev–Trinajstić information content (AvgIpc) is 3.27. The summed E-state index contributed by atoms with van der Waals surface area (Å²) in [5, 5.41) is 6.71. The maximum absolute atomic E-state index is 13.0. The zero-order chi connectivity index (χ0) is 20.8. The number of alkyl halides is 3. The Kier molecular flexibility index (Phi) is 4.65. The van der Waals surface area contributed by atoms with E-state index in [-0.39, 0.29) is 17.1 Å². The lowest BCUT2D eigenvalue weighted by atomic mass is 10.2. The highest BCUT2D eigenvalue weighted by Gasteiger charge is 2.34. The number of fused-ring (bicyclic) bond motifs is 1. The Morgan fingerprint density at radius 1 is 1.21 bits per heavy atom. The number of hydrogen-bond acceptors (Lipinski definition) is 6. The number of anilines is 1. The van der Waals surface area contributed by atoms with Crippen LogP contribution in [0.5, 0.6) is 0 Å². The monoisotopic (exact) mass is 422 g/mol. The molecule has 29 heavy (non-hydrogen) atoms. The number of aromatic nitrogens is 5. The Balaban J connectivity index is 1.62. The average molecular weight is 423 g/mol. The van der Waals surface area contributed by atoms with Gasteiger partial charge in [-0.25, -0.2) is 9.97 Å². The fourth-order valence-corrected chi connectivity index (χ4v) is 3.05. The molecule has 150 valence electrons. The van der Waals surface area contributed by atoms with Gasteiger partial charge in [-0.2, -0.15) is 27.9 Å². The number of halogens is 4. The highest BCUT2D eigenvalue weighted by Crippen LogP contribution is 2.37. The second-order valence-corrected chi connectivity index (χ2v) is 6.81. The molecule has 4 aromatic rings. The topological polar surface area (TPSA) is 81.7 Å².